The van der Waals surface area contributed by atoms with Crippen molar-refractivity contribution in [1.29, 1.82) is 0 Å². The average molecular weight is 519 g/mol. The molecule has 0 fully saturated rings. The van der Waals surface area contributed by atoms with Gasteiger partial charge in [0.25, 0.3) is 0 Å². The third kappa shape index (κ3) is 10.5. The predicted molar refractivity (Wildman–Crippen MR) is 149 cm³/mol. The standard InChI is InChI=1S/C27H58O5Si2/c1-9-17-19-21-23-25(33(15-7,29-11-3)30-12-4)27(28)26(24-22-20-18-10-2)34(16-8,31-13-5)32-14-6/h25-26H,9-24H2,1-8H3. The molecule has 2 atom stereocenters. The minimum absolute atomic E-state index is 0.162. The Balaban J connectivity index is 6.37. The van der Waals surface area contributed by atoms with Gasteiger partial charge in [-0.2, -0.15) is 0 Å². The largest absolute Gasteiger partial charge is 0.394 e. The van der Waals surface area contributed by atoms with Crippen LogP contribution in [0.2, 0.25) is 23.2 Å². The van der Waals surface area contributed by atoms with Gasteiger partial charge in [0, 0.05) is 26.4 Å². The van der Waals surface area contributed by atoms with Crippen molar-refractivity contribution in [3.8, 4) is 0 Å². The molecular formula is C27H58O5Si2. The van der Waals surface area contributed by atoms with Gasteiger partial charge in [0.15, 0.2) is 0 Å². The minimum atomic E-state index is -2.72. The zero-order valence-electron chi connectivity index (χ0n) is 24.0. The van der Waals surface area contributed by atoms with Crippen LogP contribution in [-0.4, -0.2) is 49.3 Å². The summed E-state index contributed by atoms with van der Waals surface area (Å²) < 4.78 is 25.8. The highest BCUT2D eigenvalue weighted by atomic mass is 28.4. The van der Waals surface area contributed by atoms with Crippen molar-refractivity contribution in [2.24, 2.45) is 0 Å². The van der Waals surface area contributed by atoms with E-state index >= 15 is 0 Å². The Morgan fingerprint density at radius 1 is 0.529 bits per heavy atom. The summed E-state index contributed by atoms with van der Waals surface area (Å²) in [5, 5.41) is 0. The van der Waals surface area contributed by atoms with Crippen molar-refractivity contribution < 1.29 is 22.5 Å². The van der Waals surface area contributed by atoms with E-state index in [1.807, 2.05) is 27.7 Å². The normalized spacial score (nSPS) is 14.4. The molecule has 5 nitrogen and oxygen atoms in total. The van der Waals surface area contributed by atoms with E-state index in [9.17, 15) is 4.79 Å². The molecule has 204 valence electrons. The van der Waals surface area contributed by atoms with Gasteiger partial charge in [-0.15, -0.1) is 0 Å². The molecular weight excluding hydrogens is 460 g/mol. The maximum Gasteiger partial charge on any atom is 0.348 e. The van der Waals surface area contributed by atoms with Gasteiger partial charge in [0.1, 0.15) is 5.78 Å². The number of carbonyl (C=O) groups excluding carboxylic acids is 1. The van der Waals surface area contributed by atoms with Crippen LogP contribution in [0, 0.1) is 0 Å². The van der Waals surface area contributed by atoms with Gasteiger partial charge in [-0.1, -0.05) is 79.1 Å². The topological polar surface area (TPSA) is 54.0 Å². The molecule has 7 heteroatoms. The van der Waals surface area contributed by atoms with Crippen LogP contribution in [-0.2, 0) is 22.5 Å². The van der Waals surface area contributed by atoms with Crippen molar-refractivity contribution in [1.82, 2.24) is 0 Å². The molecule has 0 spiro atoms. The van der Waals surface area contributed by atoms with Crippen LogP contribution in [0.5, 0.6) is 0 Å². The fourth-order valence-corrected chi connectivity index (χ4v) is 12.8. The summed E-state index contributed by atoms with van der Waals surface area (Å²) >= 11 is 0. The predicted octanol–water partition coefficient (Wildman–Crippen LogP) is 8.31. The minimum Gasteiger partial charge on any atom is -0.394 e. The Labute approximate surface area is 214 Å². The third-order valence-corrected chi connectivity index (χ3v) is 15.3. The first-order valence-electron chi connectivity index (χ1n) is 14.5. The summed E-state index contributed by atoms with van der Waals surface area (Å²) in [7, 11) is -5.43. The highest BCUT2D eigenvalue weighted by molar-refractivity contribution is 6.77. The molecule has 0 aliphatic heterocycles. The van der Waals surface area contributed by atoms with E-state index in [4.69, 9.17) is 17.7 Å². The molecule has 0 radical (unpaired) electrons. The lowest BCUT2D eigenvalue weighted by atomic mass is 10.0. The lowest BCUT2D eigenvalue weighted by molar-refractivity contribution is -0.121. The average Bonchev–Trinajstić information content (AvgIpc) is 2.83. The van der Waals surface area contributed by atoms with Crippen molar-refractivity contribution in [2.75, 3.05) is 26.4 Å². The highest BCUT2D eigenvalue weighted by Crippen LogP contribution is 2.43. The molecule has 2 unspecified atom stereocenters. The van der Waals surface area contributed by atoms with Gasteiger partial charge >= 0.3 is 17.1 Å². The van der Waals surface area contributed by atoms with Gasteiger partial charge in [0.2, 0.25) is 0 Å². The molecule has 0 rings (SSSR count). The van der Waals surface area contributed by atoms with Gasteiger partial charge in [-0.05, 0) is 52.6 Å². The molecule has 0 aromatic heterocycles. The Morgan fingerprint density at radius 3 is 1.09 bits per heavy atom. The summed E-state index contributed by atoms with van der Waals surface area (Å²) in [6, 6.07) is 1.59. The second-order valence-electron chi connectivity index (χ2n) is 9.27. The van der Waals surface area contributed by atoms with Gasteiger partial charge in [-0.25, -0.2) is 0 Å². The number of hydrogen-bond acceptors (Lipinski definition) is 5. The van der Waals surface area contributed by atoms with Crippen LogP contribution in [0.1, 0.15) is 120 Å². The molecule has 0 N–H and O–H groups in total. The summed E-state index contributed by atoms with van der Waals surface area (Å²) in [6.45, 7) is 19.2. The Morgan fingerprint density at radius 2 is 0.853 bits per heavy atom. The molecule has 0 bridgehead atoms. The molecule has 0 heterocycles. The van der Waals surface area contributed by atoms with Crippen LogP contribution >= 0.6 is 0 Å². The van der Waals surface area contributed by atoms with E-state index in [1.165, 1.54) is 25.7 Å². The van der Waals surface area contributed by atoms with E-state index in [2.05, 4.69) is 27.7 Å². The first kappa shape index (κ1) is 33.9. The maximum atomic E-state index is 14.6. The number of rotatable bonds is 24. The number of ketones is 1. The Hall–Kier alpha value is -0.0562. The smallest absolute Gasteiger partial charge is 0.348 e. The molecule has 0 aromatic carbocycles. The van der Waals surface area contributed by atoms with E-state index in [1.54, 1.807) is 0 Å². The molecule has 0 aliphatic rings. The van der Waals surface area contributed by atoms with E-state index in [-0.39, 0.29) is 11.1 Å². The second kappa shape index (κ2) is 20.1. The second-order valence-corrected chi connectivity index (χ2v) is 16.5. The summed E-state index contributed by atoms with van der Waals surface area (Å²) in [5.41, 5.74) is -0.325. The number of hydrogen-bond donors (Lipinski definition) is 0. The zero-order chi connectivity index (χ0) is 25.9. The molecule has 0 aliphatic carbocycles. The van der Waals surface area contributed by atoms with Gasteiger partial charge < -0.3 is 17.7 Å². The lowest BCUT2D eigenvalue weighted by Crippen LogP contribution is -2.55. The van der Waals surface area contributed by atoms with Crippen LogP contribution in [0.3, 0.4) is 0 Å². The SMILES string of the molecule is CCCCCCC(C(=O)C(CCCCCC)[Si](CC)(OCC)OCC)[Si](CC)(OCC)OCC. The molecule has 0 saturated carbocycles. The fourth-order valence-electron chi connectivity index (χ4n) is 5.32. The van der Waals surface area contributed by atoms with E-state index < -0.39 is 17.1 Å². The summed E-state index contributed by atoms with van der Waals surface area (Å²) in [5.74, 6) is 0.318. The Bertz CT molecular complexity index is 449. The number of Topliss-reactive ketones (excluding diaryl/α,β-unsaturated/α-hetero) is 1. The first-order valence-corrected chi connectivity index (χ1v) is 18.7. The molecule has 0 amide bonds. The lowest BCUT2D eigenvalue weighted by Gasteiger charge is -2.41. The first-order chi connectivity index (χ1) is 16.4. The third-order valence-electron chi connectivity index (χ3n) is 6.98. The maximum absolute atomic E-state index is 14.6. The van der Waals surface area contributed by atoms with Gasteiger partial charge in [-0.3, -0.25) is 4.79 Å². The highest BCUT2D eigenvalue weighted by Gasteiger charge is 2.55. The summed E-state index contributed by atoms with van der Waals surface area (Å²) in [4.78, 5) is 14.6. The molecule has 34 heavy (non-hydrogen) atoms. The van der Waals surface area contributed by atoms with Crippen LogP contribution in [0.4, 0.5) is 0 Å². The van der Waals surface area contributed by atoms with E-state index in [0.717, 1.165) is 50.6 Å². The van der Waals surface area contributed by atoms with Crippen molar-refractivity contribution in [2.45, 2.75) is 143 Å². The fraction of sp³-hybridized carbons (Fsp3) is 0.963. The molecule has 0 saturated heterocycles. The van der Waals surface area contributed by atoms with E-state index in [0.29, 0.717) is 32.2 Å². The summed E-state index contributed by atoms with van der Waals surface area (Å²) in [6.07, 6.45) is 10.9. The van der Waals surface area contributed by atoms with Crippen LogP contribution in [0.15, 0.2) is 0 Å². The quantitative estimate of drug-likeness (QED) is 0.0949. The Kier molecular flexibility index (Phi) is 20.0. The number of unbranched alkanes of at least 4 members (excludes halogenated alkanes) is 6. The zero-order valence-corrected chi connectivity index (χ0v) is 26.0. The van der Waals surface area contributed by atoms with Crippen molar-refractivity contribution >= 4 is 22.9 Å². The van der Waals surface area contributed by atoms with Crippen molar-refractivity contribution in [3.05, 3.63) is 0 Å². The number of carbonyl (C=O) groups is 1. The molecule has 0 aromatic rings. The van der Waals surface area contributed by atoms with Crippen molar-refractivity contribution in [3.63, 3.8) is 0 Å². The van der Waals surface area contributed by atoms with Crippen LogP contribution in [0.25, 0.3) is 0 Å². The van der Waals surface area contributed by atoms with Gasteiger partial charge in [0.05, 0.1) is 11.1 Å². The van der Waals surface area contributed by atoms with Crippen LogP contribution < -0.4 is 0 Å². The monoisotopic (exact) mass is 518 g/mol.